The van der Waals surface area contributed by atoms with Crippen LogP contribution in [0.25, 0.3) is 22.3 Å². The van der Waals surface area contributed by atoms with Gasteiger partial charge in [-0.15, -0.1) is 0 Å². The molecule has 23 heavy (non-hydrogen) atoms. The predicted octanol–water partition coefficient (Wildman–Crippen LogP) is 2.26. The number of rotatable bonds is 2. The molecule has 4 rings (SSSR count). The highest BCUT2D eigenvalue weighted by Crippen LogP contribution is 2.33. The molecule has 0 spiro atoms. The second-order valence-electron chi connectivity index (χ2n) is 5.86. The molecule has 7 nitrogen and oxygen atoms in total. The quantitative estimate of drug-likeness (QED) is 0.559. The number of hydrogen-bond acceptors (Lipinski definition) is 4. The molecule has 1 aromatic carbocycles. The maximum atomic E-state index is 7.66. The summed E-state index contributed by atoms with van der Waals surface area (Å²) in [7, 11) is 2.00. The lowest BCUT2D eigenvalue weighted by Crippen LogP contribution is -2.35. The Bertz CT molecular complexity index is 880. The van der Waals surface area contributed by atoms with Gasteiger partial charge in [-0.1, -0.05) is 23.4 Å². The molecular weight excluding hydrogens is 292 g/mol. The zero-order chi connectivity index (χ0) is 16.0. The summed E-state index contributed by atoms with van der Waals surface area (Å²) in [5, 5.41) is 12.9. The minimum atomic E-state index is -0.0938. The summed E-state index contributed by atoms with van der Waals surface area (Å²) in [6.07, 6.45) is 3.85. The molecule has 118 valence electrons. The Morgan fingerprint density at radius 3 is 3.04 bits per heavy atom. The van der Waals surface area contributed by atoms with Crippen LogP contribution in [-0.4, -0.2) is 32.1 Å². The van der Waals surface area contributed by atoms with Crippen LogP contribution in [0.15, 0.2) is 35.0 Å². The molecule has 1 saturated heterocycles. The Labute approximate surface area is 133 Å². The molecule has 0 amide bonds. The maximum absolute atomic E-state index is 7.66. The van der Waals surface area contributed by atoms with Crippen LogP contribution in [0.4, 0.5) is 0 Å². The molecule has 1 aliphatic heterocycles. The molecule has 3 N–H and O–H groups in total. The highest BCUT2D eigenvalue weighted by molar-refractivity contribution is 5.94. The SMILES string of the molecule is Cn1cc(-c2noc([C@@H]3CCCN3C(=N)N)n2)c2ccccc21. The molecule has 1 atom stereocenters. The van der Waals surface area contributed by atoms with E-state index in [9.17, 15) is 0 Å². The fraction of sp³-hybridized carbons (Fsp3) is 0.312. The van der Waals surface area contributed by atoms with E-state index in [0.717, 1.165) is 35.9 Å². The van der Waals surface area contributed by atoms with E-state index in [1.54, 1.807) is 4.90 Å². The number of likely N-dealkylation sites (tertiary alicyclic amines) is 1. The number of nitrogens with two attached hydrogens (primary N) is 1. The third kappa shape index (κ3) is 2.16. The van der Waals surface area contributed by atoms with E-state index in [2.05, 4.69) is 26.8 Å². The lowest BCUT2D eigenvalue weighted by atomic mass is 10.1. The van der Waals surface area contributed by atoms with Gasteiger partial charge in [-0.3, -0.25) is 5.41 Å². The molecule has 1 aliphatic rings. The largest absolute Gasteiger partial charge is 0.370 e. The first-order chi connectivity index (χ1) is 11.1. The van der Waals surface area contributed by atoms with Crippen LogP contribution in [0.1, 0.15) is 24.8 Å². The van der Waals surface area contributed by atoms with Gasteiger partial charge in [0.1, 0.15) is 6.04 Å². The van der Waals surface area contributed by atoms with Crippen molar-refractivity contribution in [3.63, 3.8) is 0 Å². The number of aryl methyl sites for hydroxylation is 1. The molecule has 3 heterocycles. The van der Waals surface area contributed by atoms with Crippen molar-refractivity contribution >= 4 is 16.9 Å². The van der Waals surface area contributed by atoms with Gasteiger partial charge < -0.3 is 19.7 Å². The summed E-state index contributed by atoms with van der Waals surface area (Å²) in [4.78, 5) is 6.38. The second kappa shape index (κ2) is 5.12. The van der Waals surface area contributed by atoms with Crippen molar-refractivity contribution < 1.29 is 4.52 Å². The third-order valence-electron chi connectivity index (χ3n) is 4.43. The lowest BCUT2D eigenvalue weighted by Gasteiger charge is -2.21. The zero-order valence-electron chi connectivity index (χ0n) is 12.9. The molecule has 2 aromatic heterocycles. The molecule has 0 bridgehead atoms. The van der Waals surface area contributed by atoms with E-state index in [-0.39, 0.29) is 12.0 Å². The fourth-order valence-corrected chi connectivity index (χ4v) is 3.31. The minimum absolute atomic E-state index is 0.0532. The summed E-state index contributed by atoms with van der Waals surface area (Å²) >= 11 is 0. The Kier molecular flexibility index (Phi) is 3.07. The van der Waals surface area contributed by atoms with Crippen LogP contribution >= 0.6 is 0 Å². The molecular formula is C16H18N6O. The van der Waals surface area contributed by atoms with E-state index < -0.39 is 0 Å². The highest BCUT2D eigenvalue weighted by atomic mass is 16.5. The van der Waals surface area contributed by atoms with Crippen molar-refractivity contribution in [3.05, 3.63) is 36.4 Å². The molecule has 0 aliphatic carbocycles. The van der Waals surface area contributed by atoms with Crippen LogP contribution in [0.2, 0.25) is 0 Å². The summed E-state index contributed by atoms with van der Waals surface area (Å²) in [6, 6.07) is 8.04. The van der Waals surface area contributed by atoms with Crippen molar-refractivity contribution in [2.75, 3.05) is 6.54 Å². The van der Waals surface area contributed by atoms with Crippen molar-refractivity contribution in [2.24, 2.45) is 12.8 Å². The smallest absolute Gasteiger partial charge is 0.249 e. The van der Waals surface area contributed by atoms with Crippen molar-refractivity contribution in [3.8, 4) is 11.4 Å². The van der Waals surface area contributed by atoms with E-state index in [0.29, 0.717) is 11.7 Å². The van der Waals surface area contributed by atoms with Crippen molar-refractivity contribution in [2.45, 2.75) is 18.9 Å². The van der Waals surface area contributed by atoms with Crippen LogP contribution < -0.4 is 5.73 Å². The van der Waals surface area contributed by atoms with Crippen LogP contribution in [0.5, 0.6) is 0 Å². The Hall–Kier alpha value is -2.83. The molecule has 7 heteroatoms. The van der Waals surface area contributed by atoms with E-state index in [1.165, 1.54) is 0 Å². The first-order valence-corrected chi connectivity index (χ1v) is 7.64. The summed E-state index contributed by atoms with van der Waals surface area (Å²) in [6.45, 7) is 0.756. The van der Waals surface area contributed by atoms with Gasteiger partial charge in [-0.05, 0) is 18.9 Å². The van der Waals surface area contributed by atoms with Crippen LogP contribution in [0, 0.1) is 5.41 Å². The second-order valence-corrected chi connectivity index (χ2v) is 5.86. The van der Waals surface area contributed by atoms with Gasteiger partial charge in [0, 0.05) is 36.3 Å². The highest BCUT2D eigenvalue weighted by Gasteiger charge is 2.32. The molecule has 0 radical (unpaired) electrons. The van der Waals surface area contributed by atoms with E-state index >= 15 is 0 Å². The van der Waals surface area contributed by atoms with Gasteiger partial charge in [0.05, 0.1) is 0 Å². The van der Waals surface area contributed by atoms with Crippen molar-refractivity contribution in [1.29, 1.82) is 5.41 Å². The topological polar surface area (TPSA) is 97.0 Å². The fourth-order valence-electron chi connectivity index (χ4n) is 3.31. The number of nitrogens with zero attached hydrogens (tertiary/aromatic N) is 4. The average Bonchev–Trinajstić information content (AvgIpc) is 3.24. The number of aromatic nitrogens is 3. The zero-order valence-corrected chi connectivity index (χ0v) is 12.9. The monoisotopic (exact) mass is 310 g/mol. The van der Waals surface area contributed by atoms with Gasteiger partial charge >= 0.3 is 0 Å². The van der Waals surface area contributed by atoms with Gasteiger partial charge in [-0.25, -0.2) is 0 Å². The molecule has 0 saturated carbocycles. The normalized spacial score (nSPS) is 18.0. The Morgan fingerprint density at radius 1 is 1.39 bits per heavy atom. The lowest BCUT2D eigenvalue weighted by molar-refractivity contribution is 0.283. The van der Waals surface area contributed by atoms with Gasteiger partial charge in [0.15, 0.2) is 5.96 Å². The number of guanidine groups is 1. The molecule has 0 unspecified atom stereocenters. The summed E-state index contributed by atoms with van der Waals surface area (Å²) in [5.41, 5.74) is 7.71. The van der Waals surface area contributed by atoms with E-state index in [4.69, 9.17) is 15.7 Å². The van der Waals surface area contributed by atoms with Crippen LogP contribution in [0.3, 0.4) is 0 Å². The summed E-state index contributed by atoms with van der Waals surface area (Å²) in [5.74, 6) is 1.16. The number of nitrogens with one attached hydrogen (secondary N) is 1. The standard InChI is InChI=1S/C16H18N6O/c1-21-9-11(10-5-2-3-6-12(10)21)14-19-15(23-20-14)13-7-4-8-22(13)16(17)18/h2-3,5-6,9,13H,4,7-8H2,1H3,(H3,17,18)/t13-/m0/s1. The first kappa shape index (κ1) is 13.8. The number of para-hydroxylation sites is 1. The van der Waals surface area contributed by atoms with E-state index in [1.807, 2.05) is 25.4 Å². The third-order valence-corrected chi connectivity index (χ3v) is 4.43. The molecule has 3 aromatic rings. The van der Waals surface area contributed by atoms with Gasteiger partial charge in [0.25, 0.3) is 0 Å². The van der Waals surface area contributed by atoms with Gasteiger partial charge in [0.2, 0.25) is 11.7 Å². The average molecular weight is 310 g/mol. The molecule has 1 fully saturated rings. The number of fused-ring (bicyclic) bond motifs is 1. The van der Waals surface area contributed by atoms with Gasteiger partial charge in [-0.2, -0.15) is 4.98 Å². The number of benzene rings is 1. The summed E-state index contributed by atoms with van der Waals surface area (Å²) < 4.78 is 7.53. The van der Waals surface area contributed by atoms with Crippen molar-refractivity contribution in [1.82, 2.24) is 19.6 Å². The Morgan fingerprint density at radius 2 is 2.22 bits per heavy atom. The predicted molar refractivity (Wildman–Crippen MR) is 86.8 cm³/mol. The minimum Gasteiger partial charge on any atom is -0.370 e. The first-order valence-electron chi connectivity index (χ1n) is 7.64. The maximum Gasteiger partial charge on any atom is 0.249 e. The Balaban J connectivity index is 1.74. The van der Waals surface area contributed by atoms with Crippen LogP contribution in [-0.2, 0) is 7.05 Å². The number of hydrogen-bond donors (Lipinski definition) is 2.